The normalized spacial score (nSPS) is 13.7. The van der Waals surface area contributed by atoms with Crippen LogP contribution in [0.15, 0.2) is 96.4 Å². The number of hydrogen-bond donors (Lipinski definition) is 2. The van der Waals surface area contributed by atoms with Gasteiger partial charge in [-0.05, 0) is 60.2 Å². The second-order valence-electron chi connectivity index (χ2n) is 10.1. The molecule has 0 aromatic heterocycles. The zero-order valence-corrected chi connectivity index (χ0v) is 24.1. The van der Waals surface area contributed by atoms with Gasteiger partial charge in [-0.2, -0.15) is 0 Å². The highest BCUT2D eigenvalue weighted by atomic mass is 32.2. The molecule has 0 saturated heterocycles. The molecule has 0 aliphatic heterocycles. The lowest BCUT2D eigenvalue weighted by Gasteiger charge is -2.31. The number of ether oxygens (including phenoxy) is 1. The molecule has 1 aliphatic carbocycles. The lowest BCUT2D eigenvalue weighted by molar-refractivity contribution is -0.141. The topological polar surface area (TPSA) is 105 Å². The molecule has 4 rings (SSSR count). The SMILES string of the molecule is C=CCNC(=O)[C@H](Cc1ccccc1)N(Cc1ccc(OC)cc1)C(=O)CCc1ccc(S(=O)(=O)NC2CC2)cc1. The summed E-state index contributed by atoms with van der Waals surface area (Å²) in [4.78, 5) is 29.0. The molecule has 9 heteroatoms. The molecule has 0 radical (unpaired) electrons. The summed E-state index contributed by atoms with van der Waals surface area (Å²) >= 11 is 0. The zero-order chi connectivity index (χ0) is 29.2. The number of nitrogens with one attached hydrogen (secondary N) is 2. The van der Waals surface area contributed by atoms with E-state index in [4.69, 9.17) is 4.74 Å². The van der Waals surface area contributed by atoms with Crippen molar-refractivity contribution in [1.82, 2.24) is 14.9 Å². The van der Waals surface area contributed by atoms with Crippen molar-refractivity contribution in [3.8, 4) is 5.75 Å². The predicted molar refractivity (Wildman–Crippen MR) is 159 cm³/mol. The molecule has 0 bridgehead atoms. The number of carbonyl (C=O) groups excluding carboxylic acids is 2. The van der Waals surface area contributed by atoms with Crippen LogP contribution in [0.2, 0.25) is 0 Å². The van der Waals surface area contributed by atoms with E-state index in [1.165, 1.54) is 0 Å². The molecule has 216 valence electrons. The van der Waals surface area contributed by atoms with Crippen molar-refractivity contribution in [2.24, 2.45) is 0 Å². The molecule has 2 amide bonds. The van der Waals surface area contributed by atoms with E-state index < -0.39 is 16.1 Å². The lowest BCUT2D eigenvalue weighted by Crippen LogP contribution is -2.50. The minimum Gasteiger partial charge on any atom is -0.497 e. The predicted octanol–water partition coefficient (Wildman–Crippen LogP) is 4.01. The van der Waals surface area contributed by atoms with Gasteiger partial charge >= 0.3 is 0 Å². The first-order valence-electron chi connectivity index (χ1n) is 13.8. The van der Waals surface area contributed by atoms with Crippen molar-refractivity contribution >= 4 is 21.8 Å². The molecule has 8 nitrogen and oxygen atoms in total. The number of rotatable bonds is 15. The summed E-state index contributed by atoms with van der Waals surface area (Å²) in [6.07, 6.45) is 4.25. The summed E-state index contributed by atoms with van der Waals surface area (Å²) in [7, 11) is -1.95. The molecule has 1 atom stereocenters. The fourth-order valence-electron chi connectivity index (χ4n) is 4.49. The van der Waals surface area contributed by atoms with E-state index in [2.05, 4.69) is 16.6 Å². The summed E-state index contributed by atoms with van der Waals surface area (Å²) in [5.41, 5.74) is 2.64. The van der Waals surface area contributed by atoms with Crippen molar-refractivity contribution < 1.29 is 22.7 Å². The Hall–Kier alpha value is -3.95. The third-order valence-electron chi connectivity index (χ3n) is 6.96. The summed E-state index contributed by atoms with van der Waals surface area (Å²) in [6.45, 7) is 4.23. The van der Waals surface area contributed by atoms with Gasteiger partial charge in [0.2, 0.25) is 21.8 Å². The van der Waals surface area contributed by atoms with E-state index in [1.807, 2.05) is 54.6 Å². The van der Waals surface area contributed by atoms with E-state index in [0.717, 1.165) is 29.5 Å². The van der Waals surface area contributed by atoms with Gasteiger partial charge in [-0.15, -0.1) is 6.58 Å². The Labute approximate surface area is 242 Å². The average molecular weight is 576 g/mol. The van der Waals surface area contributed by atoms with Crippen LogP contribution in [-0.2, 0) is 39.0 Å². The second-order valence-corrected chi connectivity index (χ2v) is 11.9. The van der Waals surface area contributed by atoms with Gasteiger partial charge in [0.25, 0.3) is 0 Å². The molecule has 3 aromatic rings. The Bertz CT molecular complexity index is 1420. The van der Waals surface area contributed by atoms with Crippen LogP contribution < -0.4 is 14.8 Å². The Morgan fingerprint density at radius 3 is 2.24 bits per heavy atom. The van der Waals surface area contributed by atoms with E-state index in [1.54, 1.807) is 42.4 Å². The molecule has 0 unspecified atom stereocenters. The maximum Gasteiger partial charge on any atom is 0.243 e. The van der Waals surface area contributed by atoms with Crippen LogP contribution in [0.4, 0.5) is 0 Å². The zero-order valence-electron chi connectivity index (χ0n) is 23.3. The van der Waals surface area contributed by atoms with E-state index >= 15 is 0 Å². The number of carbonyl (C=O) groups is 2. The van der Waals surface area contributed by atoms with Gasteiger partial charge in [0.05, 0.1) is 12.0 Å². The van der Waals surface area contributed by atoms with Crippen LogP contribution in [0.25, 0.3) is 0 Å². The third kappa shape index (κ3) is 8.77. The highest BCUT2D eigenvalue weighted by Gasteiger charge is 2.30. The minimum atomic E-state index is -3.54. The third-order valence-corrected chi connectivity index (χ3v) is 8.50. The van der Waals surface area contributed by atoms with Crippen LogP contribution in [-0.4, -0.2) is 50.9 Å². The van der Waals surface area contributed by atoms with Gasteiger partial charge in [0, 0.05) is 32.0 Å². The number of hydrogen-bond acceptors (Lipinski definition) is 5. The molecule has 41 heavy (non-hydrogen) atoms. The number of methoxy groups -OCH3 is 1. The Morgan fingerprint density at radius 2 is 1.63 bits per heavy atom. The molecule has 1 fully saturated rings. The molecule has 1 saturated carbocycles. The summed E-state index contributed by atoms with van der Waals surface area (Å²) in [5.74, 6) is 0.268. The number of benzene rings is 3. The monoisotopic (exact) mass is 575 g/mol. The smallest absolute Gasteiger partial charge is 0.243 e. The second kappa shape index (κ2) is 14.1. The Kier molecular flexibility index (Phi) is 10.3. The van der Waals surface area contributed by atoms with Crippen LogP contribution in [0.1, 0.15) is 36.0 Å². The summed E-state index contributed by atoms with van der Waals surface area (Å²) < 4.78 is 33.0. The Balaban J connectivity index is 1.54. The maximum atomic E-state index is 13.8. The minimum absolute atomic E-state index is 0.0292. The number of nitrogens with zero attached hydrogens (tertiary/aromatic N) is 1. The van der Waals surface area contributed by atoms with Crippen molar-refractivity contribution in [2.45, 2.75) is 55.6 Å². The summed E-state index contributed by atoms with van der Waals surface area (Å²) in [5, 5.41) is 2.87. The van der Waals surface area contributed by atoms with Crippen molar-refractivity contribution in [1.29, 1.82) is 0 Å². The summed E-state index contributed by atoms with van der Waals surface area (Å²) in [6, 6.07) is 22.9. The standard InChI is InChI=1S/C32H37N3O5S/c1-3-21-33-32(37)30(22-25-7-5-4-6-8-25)35(23-26-9-16-28(40-2)17-10-26)31(36)20-13-24-11-18-29(19-12-24)41(38,39)34-27-14-15-27/h3-12,16-19,27,30,34H,1,13-15,20-23H2,2H3,(H,33,37)/t30-/m0/s1. The van der Waals surface area contributed by atoms with E-state index in [9.17, 15) is 18.0 Å². The molecule has 2 N–H and O–H groups in total. The molecule has 0 spiro atoms. The highest BCUT2D eigenvalue weighted by molar-refractivity contribution is 7.89. The van der Waals surface area contributed by atoms with Crippen molar-refractivity contribution in [3.05, 3.63) is 108 Å². The fraction of sp³-hybridized carbons (Fsp3) is 0.312. The highest BCUT2D eigenvalue weighted by Crippen LogP contribution is 2.23. The van der Waals surface area contributed by atoms with Crippen LogP contribution in [0.5, 0.6) is 5.75 Å². The molecule has 3 aromatic carbocycles. The average Bonchev–Trinajstić information content (AvgIpc) is 3.80. The first-order chi connectivity index (χ1) is 19.8. The van der Waals surface area contributed by atoms with Crippen molar-refractivity contribution in [2.75, 3.05) is 13.7 Å². The first kappa shape index (κ1) is 30.0. The Morgan fingerprint density at radius 1 is 0.976 bits per heavy atom. The van der Waals surface area contributed by atoms with Gasteiger partial charge in [-0.25, -0.2) is 13.1 Å². The molecular weight excluding hydrogens is 538 g/mol. The van der Waals surface area contributed by atoms with E-state index in [-0.39, 0.29) is 35.7 Å². The number of amides is 2. The van der Waals surface area contributed by atoms with Gasteiger partial charge in [-0.3, -0.25) is 9.59 Å². The molecule has 0 heterocycles. The van der Waals surface area contributed by atoms with Crippen LogP contribution >= 0.6 is 0 Å². The molecule has 1 aliphatic rings. The van der Waals surface area contributed by atoms with Crippen LogP contribution in [0, 0.1) is 0 Å². The fourth-order valence-corrected chi connectivity index (χ4v) is 5.80. The van der Waals surface area contributed by atoms with Gasteiger partial charge < -0.3 is 15.0 Å². The van der Waals surface area contributed by atoms with Crippen molar-refractivity contribution in [3.63, 3.8) is 0 Å². The van der Waals surface area contributed by atoms with E-state index in [0.29, 0.717) is 25.1 Å². The van der Waals surface area contributed by atoms with Gasteiger partial charge in [0.15, 0.2) is 0 Å². The number of sulfonamides is 1. The van der Waals surface area contributed by atoms with Gasteiger partial charge in [-0.1, -0.05) is 60.7 Å². The quantitative estimate of drug-likeness (QED) is 0.267. The first-order valence-corrected chi connectivity index (χ1v) is 15.2. The number of aryl methyl sites for hydroxylation is 1. The van der Waals surface area contributed by atoms with Gasteiger partial charge in [0.1, 0.15) is 11.8 Å². The molecular formula is C32H37N3O5S. The maximum absolute atomic E-state index is 13.8. The van der Waals surface area contributed by atoms with Crippen LogP contribution in [0.3, 0.4) is 0 Å². The lowest BCUT2D eigenvalue weighted by atomic mass is 10.0. The largest absolute Gasteiger partial charge is 0.497 e.